The van der Waals surface area contributed by atoms with Gasteiger partial charge >= 0.3 is 0 Å². The molecule has 1 amide bonds. The monoisotopic (exact) mass is 426 g/mol. The van der Waals surface area contributed by atoms with Crippen molar-refractivity contribution in [3.05, 3.63) is 70.2 Å². The van der Waals surface area contributed by atoms with Crippen LogP contribution >= 0.6 is 11.6 Å². The maximum absolute atomic E-state index is 13.3. The standard InChI is InChI=1S/C24H27ClN2O3/c1-4-26(5-2)14-15-27-21(17-8-6-16(3)7-9-17)20(23(29)24(27)30)22(28)18-10-12-19(25)13-11-18/h6-13,20-21H,4-5,14-15H2,1-3H3. The minimum atomic E-state index is -1.06. The van der Waals surface area contributed by atoms with Crippen molar-refractivity contribution in [2.24, 2.45) is 5.92 Å². The first-order valence-electron chi connectivity index (χ1n) is 10.3. The van der Waals surface area contributed by atoms with Crippen molar-refractivity contribution in [2.75, 3.05) is 26.2 Å². The second-order valence-electron chi connectivity index (χ2n) is 7.59. The number of ketones is 2. The number of likely N-dealkylation sites (tertiary alicyclic amines) is 1. The Bertz CT molecular complexity index is 920. The molecule has 0 saturated carbocycles. The summed E-state index contributed by atoms with van der Waals surface area (Å²) in [5.74, 6) is -2.63. The lowest BCUT2D eigenvalue weighted by molar-refractivity contribution is -0.140. The zero-order valence-electron chi connectivity index (χ0n) is 17.6. The van der Waals surface area contributed by atoms with E-state index in [-0.39, 0.29) is 5.78 Å². The molecule has 5 nitrogen and oxygen atoms in total. The van der Waals surface area contributed by atoms with E-state index in [1.807, 2.05) is 31.2 Å². The highest BCUT2D eigenvalue weighted by Crippen LogP contribution is 2.38. The van der Waals surface area contributed by atoms with Crippen LogP contribution in [0.3, 0.4) is 0 Å². The number of carbonyl (C=O) groups excluding carboxylic acids is 3. The molecular weight excluding hydrogens is 400 g/mol. The number of likely N-dealkylation sites (N-methyl/N-ethyl adjacent to an activating group) is 1. The van der Waals surface area contributed by atoms with Gasteiger partial charge in [0.05, 0.1) is 6.04 Å². The van der Waals surface area contributed by atoms with E-state index >= 15 is 0 Å². The van der Waals surface area contributed by atoms with Gasteiger partial charge in [-0.15, -0.1) is 0 Å². The van der Waals surface area contributed by atoms with Crippen LogP contribution in [0.15, 0.2) is 48.5 Å². The van der Waals surface area contributed by atoms with Gasteiger partial charge in [-0.05, 0) is 49.8 Å². The number of hydrogen-bond donors (Lipinski definition) is 0. The van der Waals surface area contributed by atoms with Gasteiger partial charge in [-0.25, -0.2) is 0 Å². The first-order chi connectivity index (χ1) is 14.4. The van der Waals surface area contributed by atoms with Crippen LogP contribution in [0.5, 0.6) is 0 Å². The predicted molar refractivity (Wildman–Crippen MR) is 118 cm³/mol. The molecule has 2 atom stereocenters. The van der Waals surface area contributed by atoms with E-state index in [9.17, 15) is 14.4 Å². The van der Waals surface area contributed by atoms with Crippen LogP contribution in [0.2, 0.25) is 5.02 Å². The largest absolute Gasteiger partial charge is 0.327 e. The molecule has 1 fully saturated rings. The molecule has 30 heavy (non-hydrogen) atoms. The summed E-state index contributed by atoms with van der Waals surface area (Å²) in [7, 11) is 0. The zero-order valence-corrected chi connectivity index (χ0v) is 18.4. The number of halogens is 1. The summed E-state index contributed by atoms with van der Waals surface area (Å²) in [6, 6.07) is 13.5. The molecule has 2 unspecified atom stereocenters. The van der Waals surface area contributed by atoms with E-state index in [1.165, 1.54) is 0 Å². The molecule has 158 valence electrons. The number of carbonyl (C=O) groups is 3. The summed E-state index contributed by atoms with van der Waals surface area (Å²) in [5.41, 5.74) is 2.25. The molecule has 0 aliphatic carbocycles. The van der Waals surface area contributed by atoms with Crippen LogP contribution in [-0.2, 0) is 9.59 Å². The van der Waals surface area contributed by atoms with Gasteiger partial charge in [0, 0.05) is 23.7 Å². The molecule has 1 aliphatic heterocycles. The average molecular weight is 427 g/mol. The van der Waals surface area contributed by atoms with Crippen LogP contribution in [0.25, 0.3) is 0 Å². The maximum atomic E-state index is 13.3. The molecule has 1 heterocycles. The highest BCUT2D eigenvalue weighted by molar-refractivity contribution is 6.44. The second-order valence-corrected chi connectivity index (χ2v) is 8.03. The lowest BCUT2D eigenvalue weighted by Gasteiger charge is -2.29. The summed E-state index contributed by atoms with van der Waals surface area (Å²) in [6.45, 7) is 8.85. The zero-order chi connectivity index (χ0) is 21.8. The lowest BCUT2D eigenvalue weighted by atomic mass is 9.86. The molecule has 0 aromatic heterocycles. The van der Waals surface area contributed by atoms with Gasteiger partial charge in [0.1, 0.15) is 5.92 Å². The number of Topliss-reactive ketones (excluding diaryl/α,β-unsaturated/α-hetero) is 2. The fourth-order valence-electron chi connectivity index (χ4n) is 3.95. The molecule has 2 aromatic rings. The molecule has 1 saturated heterocycles. The second kappa shape index (κ2) is 9.54. The van der Waals surface area contributed by atoms with E-state index < -0.39 is 23.7 Å². The number of aryl methyl sites for hydroxylation is 1. The van der Waals surface area contributed by atoms with Crippen LogP contribution < -0.4 is 0 Å². The quantitative estimate of drug-likeness (QED) is 0.364. The molecular formula is C24H27ClN2O3. The third-order valence-corrected chi connectivity index (χ3v) is 6.04. The Labute approximate surface area is 182 Å². The van der Waals surface area contributed by atoms with E-state index in [4.69, 9.17) is 11.6 Å². The van der Waals surface area contributed by atoms with E-state index in [2.05, 4.69) is 18.7 Å². The van der Waals surface area contributed by atoms with Crippen LogP contribution in [-0.4, -0.2) is 53.5 Å². The van der Waals surface area contributed by atoms with Crippen molar-refractivity contribution in [3.63, 3.8) is 0 Å². The van der Waals surface area contributed by atoms with E-state index in [1.54, 1.807) is 29.2 Å². The fraction of sp³-hybridized carbons (Fsp3) is 0.375. The van der Waals surface area contributed by atoms with Crippen molar-refractivity contribution >= 4 is 29.1 Å². The third-order valence-electron chi connectivity index (χ3n) is 5.79. The molecule has 0 bridgehead atoms. The Kier molecular flexibility index (Phi) is 7.06. The number of nitrogens with zero attached hydrogens (tertiary/aromatic N) is 2. The van der Waals surface area contributed by atoms with Crippen molar-refractivity contribution in [1.29, 1.82) is 0 Å². The summed E-state index contributed by atoms with van der Waals surface area (Å²) >= 11 is 5.94. The Morgan fingerprint density at radius 2 is 1.60 bits per heavy atom. The van der Waals surface area contributed by atoms with Crippen LogP contribution in [0.4, 0.5) is 0 Å². The van der Waals surface area contributed by atoms with Crippen LogP contribution in [0.1, 0.15) is 41.4 Å². The Morgan fingerprint density at radius 3 is 2.17 bits per heavy atom. The van der Waals surface area contributed by atoms with Crippen molar-refractivity contribution in [3.8, 4) is 0 Å². The van der Waals surface area contributed by atoms with Gasteiger partial charge in [-0.3, -0.25) is 14.4 Å². The van der Waals surface area contributed by atoms with Gasteiger partial charge in [-0.2, -0.15) is 0 Å². The van der Waals surface area contributed by atoms with Gasteiger partial charge < -0.3 is 9.80 Å². The van der Waals surface area contributed by atoms with Gasteiger partial charge in [-0.1, -0.05) is 55.3 Å². The van der Waals surface area contributed by atoms with E-state index in [0.29, 0.717) is 23.7 Å². The molecule has 6 heteroatoms. The number of hydrogen-bond acceptors (Lipinski definition) is 4. The van der Waals surface area contributed by atoms with Gasteiger partial charge in [0.25, 0.3) is 5.91 Å². The first kappa shape index (κ1) is 22.2. The Balaban J connectivity index is 1.99. The van der Waals surface area contributed by atoms with Gasteiger partial charge in [0.15, 0.2) is 5.78 Å². The van der Waals surface area contributed by atoms with Crippen LogP contribution in [0, 0.1) is 12.8 Å². The summed E-state index contributed by atoms with van der Waals surface area (Å²) in [6.07, 6.45) is 0. The maximum Gasteiger partial charge on any atom is 0.291 e. The first-order valence-corrected chi connectivity index (χ1v) is 10.7. The normalized spacial score (nSPS) is 19.0. The SMILES string of the molecule is CCN(CC)CCN1C(=O)C(=O)C(C(=O)c2ccc(Cl)cc2)C1c1ccc(C)cc1. The molecule has 3 rings (SSSR count). The number of amides is 1. The average Bonchev–Trinajstić information content (AvgIpc) is 3.00. The van der Waals surface area contributed by atoms with Crippen molar-refractivity contribution < 1.29 is 14.4 Å². The molecule has 2 aromatic carbocycles. The minimum absolute atomic E-state index is 0.346. The molecule has 0 spiro atoms. The highest BCUT2D eigenvalue weighted by Gasteiger charge is 2.51. The Morgan fingerprint density at radius 1 is 1.00 bits per heavy atom. The minimum Gasteiger partial charge on any atom is -0.327 e. The molecule has 0 radical (unpaired) electrons. The Hall–Kier alpha value is -2.50. The topological polar surface area (TPSA) is 57.7 Å². The smallest absolute Gasteiger partial charge is 0.291 e. The molecule has 0 N–H and O–H groups in total. The van der Waals surface area contributed by atoms with Crippen molar-refractivity contribution in [1.82, 2.24) is 9.80 Å². The van der Waals surface area contributed by atoms with Gasteiger partial charge in [0.2, 0.25) is 5.78 Å². The van der Waals surface area contributed by atoms with E-state index in [0.717, 1.165) is 24.2 Å². The summed E-state index contributed by atoms with van der Waals surface area (Å²) in [5, 5.41) is 0.510. The summed E-state index contributed by atoms with van der Waals surface area (Å²) < 4.78 is 0. The summed E-state index contributed by atoms with van der Waals surface area (Å²) in [4.78, 5) is 43.0. The number of rotatable bonds is 8. The highest BCUT2D eigenvalue weighted by atomic mass is 35.5. The predicted octanol–water partition coefficient (Wildman–Crippen LogP) is 3.94. The van der Waals surface area contributed by atoms with Crippen molar-refractivity contribution in [2.45, 2.75) is 26.8 Å². The third kappa shape index (κ3) is 4.47. The fourth-order valence-corrected chi connectivity index (χ4v) is 4.07. The lowest BCUT2D eigenvalue weighted by Crippen LogP contribution is -2.38. The number of benzene rings is 2. The molecule has 1 aliphatic rings.